The van der Waals surface area contributed by atoms with Crippen LogP contribution < -0.4 is 19.7 Å². The van der Waals surface area contributed by atoms with E-state index in [1.807, 2.05) is 18.2 Å². The van der Waals surface area contributed by atoms with Crippen LogP contribution in [0.3, 0.4) is 0 Å². The Morgan fingerprint density at radius 2 is 1.71 bits per heavy atom. The van der Waals surface area contributed by atoms with E-state index in [-0.39, 0.29) is 37.5 Å². The van der Waals surface area contributed by atoms with Gasteiger partial charge in [0, 0.05) is 18.4 Å². The number of rotatable bonds is 5. The number of hydrogen-bond donors (Lipinski definition) is 1. The molecule has 10 nitrogen and oxygen atoms in total. The fourth-order valence-electron chi connectivity index (χ4n) is 3.40. The summed E-state index contributed by atoms with van der Waals surface area (Å²) in [6.45, 7) is 0.196. The Labute approximate surface area is 175 Å². The van der Waals surface area contributed by atoms with Crippen LogP contribution in [0.5, 0.6) is 11.5 Å². The SMILES string of the molecule is O=C(Nc1nnc(Cc2ccc3c(c2)OCO3)o1)c1ccc(N2C(=O)CCC2=O)cc1. The molecule has 10 heteroatoms. The second kappa shape index (κ2) is 7.56. The van der Waals surface area contributed by atoms with E-state index in [4.69, 9.17) is 13.9 Å². The quantitative estimate of drug-likeness (QED) is 0.624. The molecular weight excluding hydrogens is 404 g/mol. The van der Waals surface area contributed by atoms with Crippen molar-refractivity contribution >= 4 is 29.4 Å². The molecular formula is C21H16N4O6. The highest BCUT2D eigenvalue weighted by Crippen LogP contribution is 2.33. The third-order valence-corrected chi connectivity index (χ3v) is 4.92. The number of benzene rings is 2. The minimum absolute atomic E-state index is 0.0327. The number of carbonyl (C=O) groups excluding carboxylic acids is 3. The Balaban J connectivity index is 1.23. The van der Waals surface area contributed by atoms with Gasteiger partial charge in [0.25, 0.3) is 5.91 Å². The largest absolute Gasteiger partial charge is 0.454 e. The summed E-state index contributed by atoms with van der Waals surface area (Å²) in [4.78, 5) is 37.2. The average Bonchev–Trinajstić information content (AvgIpc) is 3.49. The molecule has 1 N–H and O–H groups in total. The van der Waals surface area contributed by atoms with Crippen molar-refractivity contribution in [1.29, 1.82) is 0 Å². The summed E-state index contributed by atoms with van der Waals surface area (Å²) in [6, 6.07) is 11.6. The van der Waals surface area contributed by atoms with E-state index in [0.29, 0.717) is 35.1 Å². The molecule has 2 aromatic carbocycles. The number of nitrogens with one attached hydrogen (secondary N) is 1. The number of aromatic nitrogens is 2. The highest BCUT2D eigenvalue weighted by molar-refractivity contribution is 6.20. The monoisotopic (exact) mass is 420 g/mol. The first-order valence-electron chi connectivity index (χ1n) is 9.55. The fraction of sp³-hybridized carbons (Fsp3) is 0.190. The van der Waals surface area contributed by atoms with E-state index in [1.54, 1.807) is 12.1 Å². The van der Waals surface area contributed by atoms with E-state index in [1.165, 1.54) is 12.1 Å². The molecule has 0 aliphatic carbocycles. The molecule has 2 aliphatic heterocycles. The van der Waals surface area contributed by atoms with Crippen LogP contribution in [-0.4, -0.2) is 34.7 Å². The van der Waals surface area contributed by atoms with Crippen LogP contribution in [-0.2, 0) is 16.0 Å². The van der Waals surface area contributed by atoms with E-state index in [9.17, 15) is 14.4 Å². The van der Waals surface area contributed by atoms with Crippen molar-refractivity contribution in [3.63, 3.8) is 0 Å². The Kier molecular flexibility index (Phi) is 4.58. The minimum Gasteiger partial charge on any atom is -0.454 e. The summed E-state index contributed by atoms with van der Waals surface area (Å²) in [5, 5.41) is 10.3. The second-order valence-electron chi connectivity index (χ2n) is 6.99. The van der Waals surface area contributed by atoms with Crippen LogP contribution in [0.25, 0.3) is 0 Å². The van der Waals surface area contributed by atoms with Crippen molar-refractivity contribution in [3.05, 3.63) is 59.5 Å². The van der Waals surface area contributed by atoms with Crippen LogP contribution in [0.1, 0.15) is 34.7 Å². The van der Waals surface area contributed by atoms with Crippen LogP contribution in [0.2, 0.25) is 0 Å². The molecule has 0 atom stereocenters. The van der Waals surface area contributed by atoms with Crippen molar-refractivity contribution < 1.29 is 28.3 Å². The van der Waals surface area contributed by atoms with E-state index < -0.39 is 5.91 Å². The Morgan fingerprint density at radius 1 is 0.968 bits per heavy atom. The molecule has 1 aromatic heterocycles. The zero-order chi connectivity index (χ0) is 21.4. The minimum atomic E-state index is -0.455. The summed E-state index contributed by atoms with van der Waals surface area (Å²) in [5.41, 5.74) is 1.65. The molecule has 0 spiro atoms. The van der Waals surface area contributed by atoms with Crippen LogP contribution in [0, 0.1) is 0 Å². The van der Waals surface area contributed by atoms with Gasteiger partial charge in [0.2, 0.25) is 24.5 Å². The maximum atomic E-state index is 12.5. The lowest BCUT2D eigenvalue weighted by Gasteiger charge is -2.13. The number of imide groups is 1. The molecule has 0 saturated carbocycles. The first-order chi connectivity index (χ1) is 15.1. The van der Waals surface area contributed by atoms with Gasteiger partial charge in [-0.1, -0.05) is 11.2 Å². The Morgan fingerprint density at radius 3 is 2.48 bits per heavy atom. The van der Waals surface area contributed by atoms with Crippen molar-refractivity contribution in [2.45, 2.75) is 19.3 Å². The number of nitrogens with zero attached hydrogens (tertiary/aromatic N) is 3. The lowest BCUT2D eigenvalue weighted by Crippen LogP contribution is -2.28. The maximum Gasteiger partial charge on any atom is 0.322 e. The van der Waals surface area contributed by atoms with Gasteiger partial charge in [-0.15, -0.1) is 5.10 Å². The van der Waals surface area contributed by atoms with Gasteiger partial charge in [-0.2, -0.15) is 0 Å². The normalized spacial score (nSPS) is 14.9. The van der Waals surface area contributed by atoms with Gasteiger partial charge in [0.15, 0.2) is 11.5 Å². The predicted octanol–water partition coefficient (Wildman–Crippen LogP) is 2.29. The van der Waals surface area contributed by atoms with Crippen LogP contribution in [0.4, 0.5) is 11.7 Å². The van der Waals surface area contributed by atoms with Gasteiger partial charge in [-0.3, -0.25) is 24.6 Å². The Hall–Kier alpha value is -4.21. The van der Waals surface area contributed by atoms with Gasteiger partial charge in [-0.05, 0) is 42.0 Å². The number of fused-ring (bicyclic) bond motifs is 1. The van der Waals surface area contributed by atoms with Crippen molar-refractivity contribution in [2.24, 2.45) is 0 Å². The highest BCUT2D eigenvalue weighted by atomic mass is 16.7. The molecule has 0 unspecified atom stereocenters. The maximum absolute atomic E-state index is 12.5. The number of amides is 3. The van der Waals surface area contributed by atoms with Gasteiger partial charge in [-0.25, -0.2) is 0 Å². The van der Waals surface area contributed by atoms with Crippen LogP contribution in [0.15, 0.2) is 46.9 Å². The summed E-state index contributed by atoms with van der Waals surface area (Å²) in [6.07, 6.45) is 0.770. The molecule has 0 radical (unpaired) electrons. The lowest BCUT2D eigenvalue weighted by molar-refractivity contribution is -0.121. The molecule has 3 aromatic rings. The third-order valence-electron chi connectivity index (χ3n) is 4.92. The van der Waals surface area contributed by atoms with Crippen molar-refractivity contribution in [2.75, 3.05) is 17.0 Å². The fourth-order valence-corrected chi connectivity index (χ4v) is 3.40. The molecule has 1 fully saturated rings. The third kappa shape index (κ3) is 3.70. The lowest BCUT2D eigenvalue weighted by atomic mass is 10.1. The molecule has 0 bridgehead atoms. The molecule has 5 rings (SSSR count). The van der Waals surface area contributed by atoms with Crippen molar-refractivity contribution in [1.82, 2.24) is 10.2 Å². The summed E-state index contributed by atoms with van der Waals surface area (Å²) >= 11 is 0. The number of ether oxygens (including phenoxy) is 2. The molecule has 1 saturated heterocycles. The first-order valence-corrected chi connectivity index (χ1v) is 9.55. The summed E-state index contributed by atoms with van der Waals surface area (Å²) < 4.78 is 16.1. The zero-order valence-corrected chi connectivity index (χ0v) is 16.2. The number of anilines is 2. The van der Waals surface area contributed by atoms with E-state index in [2.05, 4.69) is 15.5 Å². The number of hydrogen-bond acceptors (Lipinski definition) is 8. The molecule has 2 aliphatic rings. The average molecular weight is 420 g/mol. The standard InChI is InChI=1S/C21H16N4O6/c26-18-7-8-19(27)25(18)14-4-2-13(3-5-14)20(28)22-21-24-23-17(31-21)10-12-1-6-15-16(9-12)30-11-29-15/h1-6,9H,7-8,10-11H2,(H,22,24,28). The molecule has 3 amide bonds. The smallest absolute Gasteiger partial charge is 0.322 e. The molecule has 31 heavy (non-hydrogen) atoms. The summed E-state index contributed by atoms with van der Waals surface area (Å²) in [5.74, 6) is 0.726. The topological polar surface area (TPSA) is 124 Å². The van der Waals surface area contributed by atoms with Gasteiger partial charge < -0.3 is 13.9 Å². The first kappa shape index (κ1) is 18.8. The zero-order valence-electron chi connectivity index (χ0n) is 16.2. The highest BCUT2D eigenvalue weighted by Gasteiger charge is 2.30. The van der Waals surface area contributed by atoms with Gasteiger partial charge >= 0.3 is 6.01 Å². The van der Waals surface area contributed by atoms with Crippen LogP contribution >= 0.6 is 0 Å². The summed E-state index contributed by atoms with van der Waals surface area (Å²) in [7, 11) is 0. The van der Waals surface area contributed by atoms with Gasteiger partial charge in [0.05, 0.1) is 12.1 Å². The number of carbonyl (C=O) groups is 3. The Bertz CT molecular complexity index is 1170. The second-order valence-corrected chi connectivity index (χ2v) is 6.99. The molecule has 156 valence electrons. The van der Waals surface area contributed by atoms with Crippen molar-refractivity contribution in [3.8, 4) is 11.5 Å². The van der Waals surface area contributed by atoms with Gasteiger partial charge in [0.1, 0.15) is 0 Å². The predicted molar refractivity (Wildman–Crippen MR) is 106 cm³/mol. The van der Waals surface area contributed by atoms with E-state index in [0.717, 1.165) is 10.5 Å². The molecule has 3 heterocycles. The van der Waals surface area contributed by atoms with E-state index >= 15 is 0 Å².